The van der Waals surface area contributed by atoms with Gasteiger partial charge in [-0.05, 0) is 0 Å². The highest BCUT2D eigenvalue weighted by Gasteiger charge is 2.56. The van der Waals surface area contributed by atoms with E-state index in [2.05, 4.69) is 21.3 Å². The highest BCUT2D eigenvalue weighted by molar-refractivity contribution is 5.74. The maximum atomic E-state index is 12.4. The van der Waals surface area contributed by atoms with Crippen LogP contribution in [0.15, 0.2) is 0 Å². The molecule has 0 saturated carbocycles. The number of ether oxygens (including phenoxy) is 7. The smallest absolute Gasteiger partial charge is 0.217 e. The maximum Gasteiger partial charge on any atom is 0.217 e. The molecule has 0 bridgehead atoms. The average molecular weight is 831 g/mol. The normalized spacial score (nSPS) is 43.8. The molecule has 328 valence electrons. The Morgan fingerprint density at radius 2 is 0.702 bits per heavy atom. The maximum absolute atomic E-state index is 12.4. The van der Waals surface area contributed by atoms with E-state index in [4.69, 9.17) is 33.2 Å². The molecule has 4 heterocycles. The molecule has 25 nitrogen and oxygen atoms in total. The van der Waals surface area contributed by atoms with Crippen LogP contribution in [0.5, 0.6) is 0 Å². The molecule has 4 aliphatic rings. The molecule has 57 heavy (non-hydrogen) atoms. The van der Waals surface area contributed by atoms with Crippen LogP contribution in [0.2, 0.25) is 0 Å². The van der Waals surface area contributed by atoms with Gasteiger partial charge in [0.15, 0.2) is 25.2 Å². The molecule has 0 radical (unpaired) electrons. The second-order valence-corrected chi connectivity index (χ2v) is 14.1. The fourth-order valence-electron chi connectivity index (χ4n) is 7.17. The lowest BCUT2D eigenvalue weighted by atomic mass is 9.93. The molecule has 4 amide bonds. The number of aliphatic hydroxyl groups excluding tert-OH is 10. The molecule has 4 aliphatic heterocycles. The van der Waals surface area contributed by atoms with Gasteiger partial charge in [0.1, 0.15) is 97.4 Å². The highest BCUT2D eigenvalue weighted by Crippen LogP contribution is 2.34. The van der Waals surface area contributed by atoms with Crippen LogP contribution in [0.1, 0.15) is 27.7 Å². The molecule has 4 saturated heterocycles. The number of rotatable bonds is 14. The number of nitrogens with one attached hydrogen (secondary N) is 4. The first-order chi connectivity index (χ1) is 26.9. The van der Waals surface area contributed by atoms with Gasteiger partial charge in [0, 0.05) is 27.7 Å². The second kappa shape index (κ2) is 20.4. The highest BCUT2D eigenvalue weighted by atomic mass is 16.8. The zero-order chi connectivity index (χ0) is 42.5. The zero-order valence-corrected chi connectivity index (χ0v) is 31.3. The Labute approximate surface area is 325 Å². The van der Waals surface area contributed by atoms with Gasteiger partial charge in [0.25, 0.3) is 0 Å². The lowest BCUT2D eigenvalue weighted by Gasteiger charge is -2.51. The summed E-state index contributed by atoms with van der Waals surface area (Å²) in [6, 6.07) is -6.15. The third-order valence-corrected chi connectivity index (χ3v) is 9.81. The summed E-state index contributed by atoms with van der Waals surface area (Å²) < 4.78 is 40.6. The monoisotopic (exact) mass is 830 g/mol. The van der Waals surface area contributed by atoms with Crippen molar-refractivity contribution in [1.29, 1.82) is 0 Å². The van der Waals surface area contributed by atoms with Crippen LogP contribution in [-0.4, -0.2) is 224 Å². The van der Waals surface area contributed by atoms with Crippen LogP contribution in [0.4, 0.5) is 0 Å². The van der Waals surface area contributed by atoms with Gasteiger partial charge >= 0.3 is 0 Å². The number of carbonyl (C=O) groups excluding carboxylic acids is 4. The average Bonchev–Trinajstić information content (AvgIpc) is 3.14. The van der Waals surface area contributed by atoms with E-state index in [1.54, 1.807) is 0 Å². The van der Waals surface area contributed by atoms with Gasteiger partial charge in [0.2, 0.25) is 23.6 Å². The number of hydrogen-bond acceptors (Lipinski definition) is 21. The van der Waals surface area contributed by atoms with Crippen molar-refractivity contribution in [3.63, 3.8) is 0 Å². The quantitative estimate of drug-likeness (QED) is 0.0773. The van der Waals surface area contributed by atoms with Crippen LogP contribution in [0.25, 0.3) is 0 Å². The lowest BCUT2D eigenvalue weighted by molar-refractivity contribution is -0.362. The third-order valence-electron chi connectivity index (χ3n) is 9.81. The van der Waals surface area contributed by atoms with E-state index in [1.165, 1.54) is 0 Å². The topological polar surface area (TPSA) is 383 Å². The fraction of sp³-hybridized carbons (Fsp3) is 0.875. The first-order valence-electron chi connectivity index (χ1n) is 18.1. The van der Waals surface area contributed by atoms with E-state index < -0.39 is 173 Å². The second-order valence-electron chi connectivity index (χ2n) is 14.1. The summed E-state index contributed by atoms with van der Waals surface area (Å²) in [6.07, 6.45) is -26.9. The fourth-order valence-corrected chi connectivity index (χ4v) is 7.17. The first-order valence-corrected chi connectivity index (χ1v) is 18.1. The Bertz CT molecular complexity index is 1370. The molecule has 0 spiro atoms. The molecule has 25 heteroatoms. The van der Waals surface area contributed by atoms with Crippen molar-refractivity contribution in [3.8, 4) is 0 Å². The van der Waals surface area contributed by atoms with Gasteiger partial charge in [-0.3, -0.25) is 19.2 Å². The van der Waals surface area contributed by atoms with E-state index in [-0.39, 0.29) is 0 Å². The SMILES string of the molecule is CC(=O)N[C@@H]1[C@@H](O)[C@H](O[C@@H]2O[C@H](CO)[C@@H](O[C@@H]3O[C@H](CO)[C@@H](O[C@H]4O[C@H](CO)[C@@H](O)[C@H](O)[C@H]4NC(C)=O)[C@H](O)[C@H]3NC(C)=O)[C@H](O)[C@H]2NC(C)=O)[C@@H](CO)O[C@H]1O. The molecular weight excluding hydrogens is 776 g/mol. The van der Waals surface area contributed by atoms with Crippen LogP contribution in [0, 0.1) is 0 Å². The van der Waals surface area contributed by atoms with Crippen LogP contribution < -0.4 is 21.3 Å². The summed E-state index contributed by atoms with van der Waals surface area (Å²) in [5.74, 6) is -2.84. The summed E-state index contributed by atoms with van der Waals surface area (Å²) in [7, 11) is 0. The molecule has 0 unspecified atom stereocenters. The van der Waals surface area contributed by atoms with Crippen molar-refractivity contribution in [2.45, 2.75) is 150 Å². The number of aliphatic hydroxyl groups is 10. The van der Waals surface area contributed by atoms with Crippen LogP contribution in [-0.2, 0) is 52.3 Å². The summed E-state index contributed by atoms with van der Waals surface area (Å²) in [5, 5.41) is 116. The number of amides is 4. The van der Waals surface area contributed by atoms with Crippen molar-refractivity contribution in [2.24, 2.45) is 0 Å². The first kappa shape index (κ1) is 46.9. The van der Waals surface area contributed by atoms with E-state index in [0.717, 1.165) is 27.7 Å². The molecule has 4 fully saturated rings. The predicted molar refractivity (Wildman–Crippen MR) is 180 cm³/mol. The van der Waals surface area contributed by atoms with Gasteiger partial charge in [-0.2, -0.15) is 0 Å². The van der Waals surface area contributed by atoms with Crippen LogP contribution in [0.3, 0.4) is 0 Å². The van der Waals surface area contributed by atoms with E-state index in [0.29, 0.717) is 0 Å². The Morgan fingerprint density at radius 1 is 0.421 bits per heavy atom. The molecule has 14 N–H and O–H groups in total. The third kappa shape index (κ3) is 10.9. The number of carbonyl (C=O) groups is 4. The van der Waals surface area contributed by atoms with Crippen molar-refractivity contribution in [2.75, 3.05) is 26.4 Å². The summed E-state index contributed by atoms with van der Waals surface area (Å²) in [4.78, 5) is 48.5. The van der Waals surface area contributed by atoms with Crippen molar-refractivity contribution < 1.29 is 103 Å². The molecule has 20 atom stereocenters. The van der Waals surface area contributed by atoms with E-state index in [1.807, 2.05) is 0 Å². The lowest BCUT2D eigenvalue weighted by Crippen LogP contribution is -2.71. The molecule has 4 rings (SSSR count). The van der Waals surface area contributed by atoms with Crippen molar-refractivity contribution in [3.05, 3.63) is 0 Å². The summed E-state index contributed by atoms with van der Waals surface area (Å²) in [5.41, 5.74) is 0. The minimum atomic E-state index is -1.89. The van der Waals surface area contributed by atoms with E-state index >= 15 is 0 Å². The predicted octanol–water partition coefficient (Wildman–Crippen LogP) is -9.17. The number of hydrogen-bond donors (Lipinski definition) is 14. The molecule has 0 aromatic heterocycles. The Balaban J connectivity index is 1.61. The van der Waals surface area contributed by atoms with Gasteiger partial charge in [0.05, 0.1) is 26.4 Å². The molecular formula is C32H54N4O21. The van der Waals surface area contributed by atoms with Crippen molar-refractivity contribution >= 4 is 23.6 Å². The summed E-state index contributed by atoms with van der Waals surface area (Å²) >= 11 is 0. The standard InChI is InChI=1S/C32H54N4O21/c1-9(41)33-17-23(47)26(14(6-38)51-29(17)50)55-31-19(35-11(3)43)25(49)28(16(8-40)53-31)57-32-20(36-12(4)44)24(48)27(15(7-39)54-32)56-30-18(34-10(2)42)22(46)21(45)13(5-37)52-30/h13-32,37-40,45-50H,5-8H2,1-4H3,(H,33,41)(H,34,42)(H,35,43)(H,36,44)/t13-,14-,15-,16-,17-,18-,19-,20-,21-,22-,23-,24-,25-,26-,27-,28-,29-,30-,31+,32+/m1/s1. The van der Waals surface area contributed by atoms with Gasteiger partial charge in [-0.25, -0.2) is 0 Å². The van der Waals surface area contributed by atoms with Crippen LogP contribution >= 0.6 is 0 Å². The molecule has 0 aliphatic carbocycles. The molecule has 0 aromatic carbocycles. The Hall–Kier alpha value is -2.80. The van der Waals surface area contributed by atoms with Gasteiger partial charge in [-0.1, -0.05) is 0 Å². The molecule has 0 aromatic rings. The summed E-state index contributed by atoms with van der Waals surface area (Å²) in [6.45, 7) is 0.884. The van der Waals surface area contributed by atoms with Gasteiger partial charge < -0.3 is 105 Å². The Morgan fingerprint density at radius 3 is 1.04 bits per heavy atom. The Kier molecular flexibility index (Phi) is 16.8. The largest absolute Gasteiger partial charge is 0.394 e. The minimum absolute atomic E-state index is 0.664. The minimum Gasteiger partial charge on any atom is -0.394 e. The zero-order valence-electron chi connectivity index (χ0n) is 31.3. The van der Waals surface area contributed by atoms with Crippen molar-refractivity contribution in [1.82, 2.24) is 21.3 Å². The van der Waals surface area contributed by atoms with Gasteiger partial charge in [-0.15, -0.1) is 0 Å². The van der Waals surface area contributed by atoms with E-state index in [9.17, 15) is 70.2 Å².